The number of aromatic nitrogens is 4. The van der Waals surface area contributed by atoms with E-state index in [1.165, 1.54) is 22.3 Å². The lowest BCUT2D eigenvalue weighted by Crippen LogP contribution is -2.04. The minimum atomic E-state index is 0.752. The van der Waals surface area contributed by atoms with Crippen LogP contribution in [-0.4, -0.2) is 19.6 Å². The first-order valence-corrected chi connectivity index (χ1v) is 10.0. The van der Waals surface area contributed by atoms with Crippen LogP contribution in [0.3, 0.4) is 0 Å². The first-order chi connectivity index (χ1) is 14.3. The highest BCUT2D eigenvalue weighted by molar-refractivity contribution is 5.40. The van der Waals surface area contributed by atoms with Crippen molar-refractivity contribution >= 4 is 11.4 Å². The first kappa shape index (κ1) is 21.2. The van der Waals surface area contributed by atoms with Crippen LogP contribution >= 0.6 is 0 Å². The lowest BCUT2D eigenvalue weighted by Gasteiger charge is -2.05. The Bertz CT molecular complexity index is 1070. The van der Waals surface area contributed by atoms with Gasteiger partial charge in [-0.3, -0.25) is 9.36 Å². The Morgan fingerprint density at radius 1 is 0.733 bits per heavy atom. The second kappa shape index (κ2) is 9.31. The maximum atomic E-state index is 5.74. The summed E-state index contributed by atoms with van der Waals surface area (Å²) in [6.07, 6.45) is 3.57. The molecule has 0 saturated heterocycles. The molecule has 0 aliphatic rings. The lowest BCUT2D eigenvalue weighted by molar-refractivity contribution is 0.665. The molecule has 0 fully saturated rings. The summed E-state index contributed by atoms with van der Waals surface area (Å²) in [6.45, 7) is 9.62. The van der Waals surface area contributed by atoms with Crippen LogP contribution < -0.4 is 11.5 Å². The molecule has 0 amide bonds. The highest BCUT2D eigenvalue weighted by atomic mass is 15.3. The zero-order valence-electron chi connectivity index (χ0n) is 18.1. The lowest BCUT2D eigenvalue weighted by atomic mass is 10.1. The average Bonchev–Trinajstić information content (AvgIpc) is 3.21. The van der Waals surface area contributed by atoms with Crippen molar-refractivity contribution in [3.8, 4) is 0 Å². The monoisotopic (exact) mass is 402 g/mol. The third-order valence-corrected chi connectivity index (χ3v) is 5.04. The van der Waals surface area contributed by atoms with Gasteiger partial charge in [-0.25, -0.2) is 0 Å². The van der Waals surface area contributed by atoms with E-state index in [-0.39, 0.29) is 0 Å². The zero-order valence-corrected chi connectivity index (χ0v) is 18.1. The number of nitrogens with two attached hydrogens (primary N) is 2. The number of hydrogen-bond donors (Lipinski definition) is 2. The molecule has 4 aromatic rings. The Kier molecular flexibility index (Phi) is 6.57. The molecule has 6 heteroatoms. The largest absolute Gasteiger partial charge is 0.396 e. The van der Waals surface area contributed by atoms with E-state index in [1.807, 2.05) is 29.4 Å². The highest BCUT2D eigenvalue weighted by Crippen LogP contribution is 2.12. The minimum Gasteiger partial charge on any atom is -0.396 e. The zero-order chi connectivity index (χ0) is 21.7. The molecule has 156 valence electrons. The van der Waals surface area contributed by atoms with E-state index < -0.39 is 0 Å². The molecule has 0 aliphatic carbocycles. The van der Waals surface area contributed by atoms with Gasteiger partial charge in [0.05, 0.1) is 42.0 Å². The van der Waals surface area contributed by atoms with Gasteiger partial charge in [0.1, 0.15) is 0 Å². The van der Waals surface area contributed by atoms with Gasteiger partial charge >= 0.3 is 0 Å². The smallest absolute Gasteiger partial charge is 0.0823 e. The van der Waals surface area contributed by atoms with E-state index in [4.69, 9.17) is 11.5 Å². The topological polar surface area (TPSA) is 87.7 Å². The molecular formula is C24H30N6. The summed E-state index contributed by atoms with van der Waals surface area (Å²) in [7, 11) is 0. The number of nitrogen functional groups attached to an aromatic ring is 2. The molecule has 0 radical (unpaired) electrons. The van der Waals surface area contributed by atoms with Crippen molar-refractivity contribution in [3.05, 3.63) is 94.6 Å². The Morgan fingerprint density at radius 3 is 1.70 bits per heavy atom. The van der Waals surface area contributed by atoms with Crippen molar-refractivity contribution in [3.63, 3.8) is 0 Å². The van der Waals surface area contributed by atoms with Gasteiger partial charge in [-0.15, -0.1) is 0 Å². The summed E-state index contributed by atoms with van der Waals surface area (Å²) in [4.78, 5) is 0. The Balaban J connectivity index is 0.000000171. The van der Waals surface area contributed by atoms with E-state index in [9.17, 15) is 0 Å². The summed E-state index contributed by atoms with van der Waals surface area (Å²) >= 11 is 0. The third kappa shape index (κ3) is 5.50. The van der Waals surface area contributed by atoms with Crippen LogP contribution in [0.4, 0.5) is 11.4 Å². The van der Waals surface area contributed by atoms with Gasteiger partial charge in [0.25, 0.3) is 0 Å². The molecule has 4 rings (SSSR count). The van der Waals surface area contributed by atoms with E-state index in [2.05, 4.69) is 72.6 Å². The molecule has 0 atom stereocenters. The fourth-order valence-corrected chi connectivity index (χ4v) is 2.98. The van der Waals surface area contributed by atoms with E-state index in [0.29, 0.717) is 0 Å². The van der Waals surface area contributed by atoms with E-state index in [1.54, 1.807) is 6.20 Å². The summed E-state index contributed by atoms with van der Waals surface area (Å²) < 4.78 is 3.79. The van der Waals surface area contributed by atoms with Crippen molar-refractivity contribution in [2.45, 2.75) is 40.8 Å². The summed E-state index contributed by atoms with van der Waals surface area (Å²) in [5.74, 6) is 0. The Morgan fingerprint density at radius 2 is 1.27 bits per heavy atom. The molecule has 0 aliphatic heterocycles. The maximum absolute atomic E-state index is 5.74. The summed E-state index contributed by atoms with van der Waals surface area (Å²) in [5.41, 5.74) is 19.9. The molecule has 0 saturated carbocycles. The van der Waals surface area contributed by atoms with Gasteiger partial charge in [0.2, 0.25) is 0 Å². The van der Waals surface area contributed by atoms with Crippen molar-refractivity contribution in [1.82, 2.24) is 19.6 Å². The molecule has 0 spiro atoms. The number of rotatable bonds is 4. The van der Waals surface area contributed by atoms with Gasteiger partial charge in [0.15, 0.2) is 0 Å². The Hall–Kier alpha value is -3.54. The fourth-order valence-electron chi connectivity index (χ4n) is 2.98. The first-order valence-electron chi connectivity index (χ1n) is 10.0. The molecule has 2 aromatic carbocycles. The normalized spacial score (nSPS) is 10.5. The van der Waals surface area contributed by atoms with Crippen LogP contribution in [0.25, 0.3) is 0 Å². The van der Waals surface area contributed by atoms with Crippen molar-refractivity contribution in [2.24, 2.45) is 0 Å². The molecule has 4 N–H and O–H groups in total. The number of nitrogens with zero attached hydrogens (tertiary/aromatic N) is 4. The molecule has 0 bridgehead atoms. The maximum Gasteiger partial charge on any atom is 0.0823 e. The second-order valence-corrected chi connectivity index (χ2v) is 7.68. The predicted octanol–water partition coefficient (Wildman–Crippen LogP) is 4.26. The fraction of sp³-hybridized carbons (Fsp3) is 0.250. The van der Waals surface area contributed by atoms with Crippen LogP contribution in [0.15, 0.2) is 60.9 Å². The third-order valence-electron chi connectivity index (χ3n) is 5.04. The second-order valence-electron chi connectivity index (χ2n) is 7.68. The molecular weight excluding hydrogens is 372 g/mol. The van der Waals surface area contributed by atoms with Crippen molar-refractivity contribution < 1.29 is 0 Å². The molecule has 30 heavy (non-hydrogen) atoms. The van der Waals surface area contributed by atoms with Crippen LogP contribution in [0, 0.1) is 27.7 Å². The van der Waals surface area contributed by atoms with Crippen LogP contribution in [0.1, 0.15) is 33.6 Å². The highest BCUT2D eigenvalue weighted by Gasteiger charge is 2.03. The Labute approximate surface area is 178 Å². The SMILES string of the molecule is Cc1ccc(Cn2cc(N)c(C)n2)cc1.Cc1ccc(Cn2ncc(N)c2C)cc1. The summed E-state index contributed by atoms with van der Waals surface area (Å²) in [6, 6.07) is 16.9. The van der Waals surface area contributed by atoms with Crippen LogP contribution in [0.2, 0.25) is 0 Å². The van der Waals surface area contributed by atoms with Crippen LogP contribution in [-0.2, 0) is 13.1 Å². The average molecular weight is 403 g/mol. The van der Waals surface area contributed by atoms with Gasteiger partial charge < -0.3 is 11.5 Å². The molecule has 0 unspecified atom stereocenters. The van der Waals surface area contributed by atoms with Gasteiger partial charge in [-0.2, -0.15) is 10.2 Å². The number of benzene rings is 2. The van der Waals surface area contributed by atoms with E-state index >= 15 is 0 Å². The van der Waals surface area contributed by atoms with E-state index in [0.717, 1.165) is 35.9 Å². The number of aryl methyl sites for hydroxylation is 3. The van der Waals surface area contributed by atoms with Crippen molar-refractivity contribution in [1.29, 1.82) is 0 Å². The molecule has 6 nitrogen and oxygen atoms in total. The van der Waals surface area contributed by atoms with Gasteiger partial charge in [-0.1, -0.05) is 59.7 Å². The van der Waals surface area contributed by atoms with Gasteiger partial charge in [-0.05, 0) is 38.8 Å². The number of hydrogen-bond acceptors (Lipinski definition) is 4. The number of anilines is 2. The molecule has 2 aromatic heterocycles. The summed E-state index contributed by atoms with van der Waals surface area (Å²) in [5, 5.41) is 8.54. The molecule has 2 heterocycles. The van der Waals surface area contributed by atoms with Crippen LogP contribution in [0.5, 0.6) is 0 Å². The minimum absolute atomic E-state index is 0.752. The standard InChI is InChI=1S/2C12H15N3/c1-9-3-5-11(6-4-9)8-15-10(2)12(13)7-14-15;1-9-3-5-11(6-4-9)7-15-8-12(13)10(2)14-15/h3-7H,8,13H2,1-2H3;3-6,8H,7,13H2,1-2H3. The predicted molar refractivity (Wildman–Crippen MR) is 123 cm³/mol. The van der Waals surface area contributed by atoms with Gasteiger partial charge in [0, 0.05) is 6.20 Å². The quantitative estimate of drug-likeness (QED) is 0.534. The van der Waals surface area contributed by atoms with Crippen molar-refractivity contribution in [2.75, 3.05) is 11.5 Å².